The van der Waals surface area contributed by atoms with Crippen molar-refractivity contribution in [2.24, 2.45) is 5.92 Å². The van der Waals surface area contributed by atoms with Crippen LogP contribution >= 0.6 is 0 Å². The molecule has 92 valence electrons. The van der Waals surface area contributed by atoms with Gasteiger partial charge in [0.2, 0.25) is 0 Å². The Kier molecular flexibility index (Phi) is 3.31. The summed E-state index contributed by atoms with van der Waals surface area (Å²) in [5, 5.41) is 9.57. The zero-order valence-electron chi connectivity index (χ0n) is 9.82. The molecule has 0 radical (unpaired) electrons. The molecule has 1 atom stereocenters. The highest BCUT2D eigenvalue weighted by Gasteiger charge is 2.23. The third kappa shape index (κ3) is 2.57. The van der Waals surface area contributed by atoms with Crippen LogP contribution in [0.25, 0.3) is 0 Å². The van der Waals surface area contributed by atoms with E-state index in [-0.39, 0.29) is 17.2 Å². The van der Waals surface area contributed by atoms with Crippen molar-refractivity contribution in [3.63, 3.8) is 0 Å². The molecule has 1 aliphatic rings. The first-order valence-electron chi connectivity index (χ1n) is 5.85. The predicted octanol–water partition coefficient (Wildman–Crippen LogP) is 2.40. The number of aromatic hydroxyl groups is 1. The lowest BCUT2D eigenvalue weighted by Crippen LogP contribution is -2.39. The Labute approximate surface area is 99.9 Å². The van der Waals surface area contributed by atoms with Gasteiger partial charge in [-0.25, -0.2) is 4.39 Å². The minimum Gasteiger partial charge on any atom is -0.507 e. The van der Waals surface area contributed by atoms with Crippen molar-refractivity contribution in [3.05, 3.63) is 29.6 Å². The van der Waals surface area contributed by atoms with Gasteiger partial charge in [0.15, 0.2) is 0 Å². The fourth-order valence-corrected chi connectivity index (χ4v) is 2.23. The molecule has 1 aliphatic heterocycles. The van der Waals surface area contributed by atoms with Crippen LogP contribution in [0, 0.1) is 11.7 Å². The van der Waals surface area contributed by atoms with Crippen molar-refractivity contribution in [1.82, 2.24) is 4.90 Å². The maximum atomic E-state index is 12.8. The van der Waals surface area contributed by atoms with Crippen LogP contribution in [0.1, 0.15) is 30.1 Å². The smallest absolute Gasteiger partial charge is 0.257 e. The van der Waals surface area contributed by atoms with Gasteiger partial charge in [-0.3, -0.25) is 4.79 Å². The fraction of sp³-hybridized carbons (Fsp3) is 0.462. The minimum absolute atomic E-state index is 0.181. The summed E-state index contributed by atoms with van der Waals surface area (Å²) in [5.41, 5.74) is 0.181. The molecule has 17 heavy (non-hydrogen) atoms. The molecule has 0 aliphatic carbocycles. The topological polar surface area (TPSA) is 40.5 Å². The van der Waals surface area contributed by atoms with E-state index in [0.29, 0.717) is 19.0 Å². The molecule has 1 heterocycles. The minimum atomic E-state index is -0.536. The molecule has 4 heteroatoms. The Morgan fingerprint density at radius 1 is 1.53 bits per heavy atom. The Balaban J connectivity index is 2.18. The second kappa shape index (κ2) is 4.73. The molecule has 2 rings (SSSR count). The fourth-order valence-electron chi connectivity index (χ4n) is 2.23. The lowest BCUT2D eigenvalue weighted by Gasteiger charge is -2.31. The van der Waals surface area contributed by atoms with Gasteiger partial charge in [-0.05, 0) is 30.9 Å². The molecule has 1 aromatic rings. The molecule has 1 fully saturated rings. The summed E-state index contributed by atoms with van der Waals surface area (Å²) in [6.45, 7) is 3.51. The normalized spacial score (nSPS) is 20.4. The van der Waals surface area contributed by atoms with Gasteiger partial charge in [-0.2, -0.15) is 0 Å². The number of phenols is 1. The van der Waals surface area contributed by atoms with E-state index in [4.69, 9.17) is 0 Å². The highest BCUT2D eigenvalue weighted by Crippen LogP contribution is 2.23. The quantitative estimate of drug-likeness (QED) is 0.814. The van der Waals surface area contributed by atoms with E-state index in [1.54, 1.807) is 4.90 Å². The summed E-state index contributed by atoms with van der Waals surface area (Å²) >= 11 is 0. The zero-order chi connectivity index (χ0) is 12.4. The van der Waals surface area contributed by atoms with Crippen molar-refractivity contribution >= 4 is 5.91 Å². The molecule has 1 amide bonds. The summed E-state index contributed by atoms with van der Waals surface area (Å²) < 4.78 is 12.8. The first kappa shape index (κ1) is 11.9. The van der Waals surface area contributed by atoms with Gasteiger partial charge in [0.25, 0.3) is 5.91 Å². The summed E-state index contributed by atoms with van der Waals surface area (Å²) in [4.78, 5) is 13.8. The van der Waals surface area contributed by atoms with Crippen LogP contribution in [0.15, 0.2) is 18.2 Å². The van der Waals surface area contributed by atoms with Gasteiger partial charge in [0.05, 0.1) is 5.56 Å². The number of nitrogens with zero attached hydrogens (tertiary/aromatic N) is 1. The van der Waals surface area contributed by atoms with Crippen molar-refractivity contribution < 1.29 is 14.3 Å². The van der Waals surface area contributed by atoms with Crippen molar-refractivity contribution in [1.29, 1.82) is 0 Å². The monoisotopic (exact) mass is 237 g/mol. The number of benzene rings is 1. The van der Waals surface area contributed by atoms with Crippen LogP contribution in [0.5, 0.6) is 5.75 Å². The number of carbonyl (C=O) groups is 1. The molecule has 1 N–H and O–H groups in total. The van der Waals surface area contributed by atoms with E-state index >= 15 is 0 Å². The molecule has 1 saturated heterocycles. The second-order valence-corrected chi connectivity index (χ2v) is 4.66. The van der Waals surface area contributed by atoms with Crippen LogP contribution in [0.2, 0.25) is 0 Å². The van der Waals surface area contributed by atoms with E-state index in [1.807, 2.05) is 0 Å². The van der Waals surface area contributed by atoms with Crippen LogP contribution in [-0.2, 0) is 0 Å². The Hall–Kier alpha value is -1.58. The van der Waals surface area contributed by atoms with Crippen LogP contribution in [-0.4, -0.2) is 29.0 Å². The molecular formula is C13H16FNO2. The highest BCUT2D eigenvalue weighted by atomic mass is 19.1. The SMILES string of the molecule is CC1CCCN(C(=O)c2ccc(F)cc2O)C1. The summed E-state index contributed by atoms with van der Waals surface area (Å²) in [7, 11) is 0. The first-order valence-corrected chi connectivity index (χ1v) is 5.85. The van der Waals surface area contributed by atoms with E-state index in [0.717, 1.165) is 18.9 Å². The average Bonchev–Trinajstić information content (AvgIpc) is 2.28. The number of rotatable bonds is 1. The molecule has 0 aromatic heterocycles. The maximum Gasteiger partial charge on any atom is 0.257 e. The third-order valence-corrected chi connectivity index (χ3v) is 3.13. The summed E-state index contributed by atoms with van der Waals surface area (Å²) in [6, 6.07) is 3.51. The molecule has 1 aromatic carbocycles. The second-order valence-electron chi connectivity index (χ2n) is 4.66. The number of hydrogen-bond acceptors (Lipinski definition) is 2. The number of phenolic OH excluding ortho intramolecular Hbond substituents is 1. The Bertz CT molecular complexity index is 433. The number of likely N-dealkylation sites (tertiary alicyclic amines) is 1. The molecule has 0 saturated carbocycles. The van der Waals surface area contributed by atoms with Gasteiger partial charge in [0, 0.05) is 19.2 Å². The molecule has 1 unspecified atom stereocenters. The standard InChI is InChI=1S/C13H16FNO2/c1-9-3-2-6-15(8-9)13(17)11-5-4-10(14)7-12(11)16/h4-5,7,9,16H,2-3,6,8H2,1H3. The molecule has 0 spiro atoms. The van der Waals surface area contributed by atoms with Gasteiger partial charge in [-0.15, -0.1) is 0 Å². The average molecular weight is 237 g/mol. The first-order chi connectivity index (χ1) is 8.08. The summed E-state index contributed by atoms with van der Waals surface area (Å²) in [6.07, 6.45) is 2.11. The largest absolute Gasteiger partial charge is 0.507 e. The Morgan fingerprint density at radius 2 is 2.29 bits per heavy atom. The van der Waals surface area contributed by atoms with Crippen LogP contribution < -0.4 is 0 Å². The lowest BCUT2D eigenvalue weighted by molar-refractivity contribution is 0.0680. The summed E-state index contributed by atoms with van der Waals surface area (Å²) in [5.74, 6) is -0.552. The highest BCUT2D eigenvalue weighted by molar-refractivity contribution is 5.96. The van der Waals surface area contributed by atoms with Crippen molar-refractivity contribution in [2.45, 2.75) is 19.8 Å². The van der Waals surface area contributed by atoms with E-state index < -0.39 is 5.82 Å². The zero-order valence-corrected chi connectivity index (χ0v) is 9.82. The molecule has 0 bridgehead atoms. The van der Waals surface area contributed by atoms with Crippen molar-refractivity contribution in [3.8, 4) is 5.75 Å². The van der Waals surface area contributed by atoms with E-state index in [9.17, 15) is 14.3 Å². The van der Waals surface area contributed by atoms with Crippen LogP contribution in [0.4, 0.5) is 4.39 Å². The number of halogens is 1. The maximum absolute atomic E-state index is 12.8. The van der Waals surface area contributed by atoms with Gasteiger partial charge < -0.3 is 10.0 Å². The number of piperidine rings is 1. The van der Waals surface area contributed by atoms with Gasteiger partial charge >= 0.3 is 0 Å². The third-order valence-electron chi connectivity index (χ3n) is 3.13. The lowest BCUT2D eigenvalue weighted by atomic mass is 9.99. The molecule has 3 nitrogen and oxygen atoms in total. The van der Waals surface area contributed by atoms with Crippen LogP contribution in [0.3, 0.4) is 0 Å². The Morgan fingerprint density at radius 3 is 2.94 bits per heavy atom. The van der Waals surface area contributed by atoms with E-state index in [2.05, 4.69) is 6.92 Å². The predicted molar refractivity (Wildman–Crippen MR) is 62.4 cm³/mol. The number of hydrogen-bond donors (Lipinski definition) is 1. The molecular weight excluding hydrogens is 221 g/mol. The number of carbonyl (C=O) groups excluding carboxylic acids is 1. The van der Waals surface area contributed by atoms with E-state index in [1.165, 1.54) is 12.1 Å². The number of amides is 1. The van der Waals surface area contributed by atoms with Crippen molar-refractivity contribution in [2.75, 3.05) is 13.1 Å². The van der Waals surface area contributed by atoms with Gasteiger partial charge in [-0.1, -0.05) is 6.92 Å². The van der Waals surface area contributed by atoms with Gasteiger partial charge in [0.1, 0.15) is 11.6 Å².